The van der Waals surface area contributed by atoms with Crippen molar-refractivity contribution in [2.75, 3.05) is 21.3 Å². The molecule has 0 spiro atoms. The molecule has 6 aromatic rings. The van der Waals surface area contributed by atoms with Crippen molar-refractivity contribution in [3.05, 3.63) is 157 Å². The molecule has 6 rings (SSSR count). The Bertz CT molecular complexity index is 2360. The molecule has 6 aromatic carbocycles. The van der Waals surface area contributed by atoms with Gasteiger partial charge in [-0.2, -0.15) is 16.8 Å². The van der Waals surface area contributed by atoms with Crippen LogP contribution in [0.4, 0.5) is 32.3 Å². The maximum atomic E-state index is 13.1. The van der Waals surface area contributed by atoms with Gasteiger partial charge in [-0.15, -0.1) is 0 Å². The van der Waals surface area contributed by atoms with Gasteiger partial charge in [0.2, 0.25) is 0 Å². The van der Waals surface area contributed by atoms with Gasteiger partial charge in [-0.1, -0.05) is 60.7 Å². The van der Waals surface area contributed by atoms with E-state index in [2.05, 4.69) is 21.3 Å². The number of hydrogen-bond donors (Lipinski definition) is 4. The molecule has 54 heavy (non-hydrogen) atoms. The van der Waals surface area contributed by atoms with Crippen molar-refractivity contribution in [2.24, 2.45) is 0 Å². The van der Waals surface area contributed by atoms with Crippen LogP contribution in [0.1, 0.15) is 11.1 Å². The van der Waals surface area contributed by atoms with Crippen molar-refractivity contribution in [3.63, 3.8) is 0 Å². The van der Waals surface area contributed by atoms with E-state index in [0.717, 1.165) is 11.1 Å². The maximum Gasteiger partial charge on any atom is 0.339 e. The number of amides is 4. The Morgan fingerprint density at radius 2 is 0.741 bits per heavy atom. The zero-order valence-electron chi connectivity index (χ0n) is 28.9. The molecule has 0 aliphatic carbocycles. The van der Waals surface area contributed by atoms with Crippen LogP contribution in [0, 0.1) is 13.8 Å². The summed E-state index contributed by atoms with van der Waals surface area (Å²) in [6.45, 7) is 3.81. The van der Waals surface area contributed by atoms with Gasteiger partial charge in [0.15, 0.2) is 0 Å². The standard InChI is InChI=1S/C40H34N4O8S2/c1-27-7-3-9-31(23-27)41-39(45)43-33-11-5-13-35(25-33)51-53(47,48)37-19-15-29(16-20-37)30-17-21-38(22-18-30)54(49,50)52-36-14-6-12-34(26-36)44-40(46)42-32-10-4-8-28(2)24-32/h3-26H,1-2H3,(H2,41,43,45)(H2,42,44,46). The summed E-state index contributed by atoms with van der Waals surface area (Å²) < 4.78 is 63.1. The lowest BCUT2D eigenvalue weighted by Gasteiger charge is -2.12. The third-order valence-corrected chi connectivity index (χ3v) is 10.3. The Morgan fingerprint density at radius 3 is 1.07 bits per heavy atom. The molecule has 0 aliphatic rings. The van der Waals surface area contributed by atoms with E-state index >= 15 is 0 Å². The van der Waals surface area contributed by atoms with E-state index in [-0.39, 0.29) is 21.3 Å². The quantitative estimate of drug-likeness (QED) is 0.0950. The van der Waals surface area contributed by atoms with Crippen LogP contribution in [0.15, 0.2) is 155 Å². The Kier molecular flexibility index (Phi) is 11.0. The molecule has 0 radical (unpaired) electrons. The number of carbonyl (C=O) groups is 2. The molecule has 274 valence electrons. The second-order valence-corrected chi connectivity index (χ2v) is 15.2. The predicted molar refractivity (Wildman–Crippen MR) is 208 cm³/mol. The summed E-state index contributed by atoms with van der Waals surface area (Å²) >= 11 is 0. The highest BCUT2D eigenvalue weighted by Crippen LogP contribution is 2.28. The van der Waals surface area contributed by atoms with Crippen molar-refractivity contribution >= 4 is 55.0 Å². The van der Waals surface area contributed by atoms with E-state index in [1.807, 2.05) is 50.2 Å². The molecule has 0 aromatic heterocycles. The first kappa shape index (κ1) is 37.1. The van der Waals surface area contributed by atoms with Gasteiger partial charge in [-0.05, 0) is 109 Å². The summed E-state index contributed by atoms with van der Waals surface area (Å²) in [5.41, 5.74) is 5.05. The van der Waals surface area contributed by atoms with Gasteiger partial charge >= 0.3 is 32.3 Å². The normalized spacial score (nSPS) is 11.2. The Balaban J connectivity index is 1.06. The van der Waals surface area contributed by atoms with Crippen LogP contribution in [-0.4, -0.2) is 28.9 Å². The monoisotopic (exact) mass is 762 g/mol. The number of benzene rings is 6. The highest BCUT2D eigenvalue weighted by molar-refractivity contribution is 7.87. The zero-order valence-corrected chi connectivity index (χ0v) is 30.6. The van der Waals surface area contributed by atoms with Gasteiger partial charge in [0.1, 0.15) is 21.3 Å². The molecular formula is C40H34N4O8S2. The summed E-state index contributed by atoms with van der Waals surface area (Å²) in [6, 6.07) is 37.3. The lowest BCUT2D eigenvalue weighted by Crippen LogP contribution is -2.19. The minimum atomic E-state index is -4.24. The predicted octanol–water partition coefficient (Wildman–Crippen LogP) is 8.79. The third kappa shape index (κ3) is 9.82. The molecule has 0 atom stereocenters. The van der Waals surface area contributed by atoms with Crippen LogP contribution in [-0.2, 0) is 20.2 Å². The van der Waals surface area contributed by atoms with Gasteiger partial charge in [0.25, 0.3) is 0 Å². The Morgan fingerprint density at radius 1 is 0.426 bits per heavy atom. The molecular weight excluding hydrogens is 729 g/mol. The Hall–Kier alpha value is -6.64. The lowest BCUT2D eigenvalue weighted by molar-refractivity contribution is 0.261. The van der Waals surface area contributed by atoms with Crippen molar-refractivity contribution < 1.29 is 34.8 Å². The topological polar surface area (TPSA) is 169 Å². The number of hydrogen-bond acceptors (Lipinski definition) is 8. The third-order valence-electron chi connectivity index (χ3n) is 7.77. The van der Waals surface area contributed by atoms with E-state index < -0.39 is 32.3 Å². The van der Waals surface area contributed by atoms with E-state index in [0.29, 0.717) is 33.9 Å². The van der Waals surface area contributed by atoms with Crippen LogP contribution < -0.4 is 29.6 Å². The first-order chi connectivity index (χ1) is 25.8. The average molecular weight is 763 g/mol. The molecule has 0 heterocycles. The summed E-state index contributed by atoms with van der Waals surface area (Å²) in [5, 5.41) is 10.8. The molecule has 0 saturated carbocycles. The van der Waals surface area contributed by atoms with Gasteiger partial charge in [-0.3, -0.25) is 0 Å². The number of nitrogens with one attached hydrogen (secondary N) is 4. The Labute approximate surface area is 313 Å². The lowest BCUT2D eigenvalue weighted by atomic mass is 10.1. The van der Waals surface area contributed by atoms with Crippen LogP contribution in [0.3, 0.4) is 0 Å². The second-order valence-electron chi connectivity index (χ2n) is 12.1. The van der Waals surface area contributed by atoms with Gasteiger partial charge in [0.05, 0.1) is 0 Å². The van der Waals surface area contributed by atoms with E-state index in [1.165, 1.54) is 48.5 Å². The van der Waals surface area contributed by atoms with Crippen LogP contribution in [0.2, 0.25) is 0 Å². The first-order valence-electron chi connectivity index (χ1n) is 16.4. The first-order valence-corrected chi connectivity index (χ1v) is 19.2. The summed E-state index contributed by atoms with van der Waals surface area (Å²) in [7, 11) is -8.49. The van der Waals surface area contributed by atoms with E-state index in [9.17, 15) is 26.4 Å². The van der Waals surface area contributed by atoms with Gasteiger partial charge in [0, 0.05) is 34.9 Å². The van der Waals surface area contributed by atoms with Crippen LogP contribution in [0.25, 0.3) is 11.1 Å². The molecule has 0 aliphatic heterocycles. The second kappa shape index (κ2) is 15.9. The number of anilines is 4. The largest absolute Gasteiger partial charge is 0.379 e. The molecule has 12 nitrogen and oxygen atoms in total. The zero-order chi connectivity index (χ0) is 38.3. The van der Waals surface area contributed by atoms with Crippen molar-refractivity contribution in [3.8, 4) is 22.6 Å². The fraction of sp³-hybridized carbons (Fsp3) is 0.0500. The fourth-order valence-electron chi connectivity index (χ4n) is 5.26. The minimum absolute atomic E-state index is 0.00180. The van der Waals surface area contributed by atoms with Gasteiger partial charge in [-0.25, -0.2) is 9.59 Å². The molecule has 0 bridgehead atoms. The summed E-state index contributed by atoms with van der Waals surface area (Å²) in [4.78, 5) is 24.7. The number of urea groups is 2. The molecule has 14 heteroatoms. The maximum absolute atomic E-state index is 13.1. The smallest absolute Gasteiger partial charge is 0.339 e. The molecule has 0 saturated heterocycles. The van der Waals surface area contributed by atoms with Crippen LogP contribution >= 0.6 is 0 Å². The van der Waals surface area contributed by atoms with Crippen LogP contribution in [0.5, 0.6) is 11.5 Å². The SMILES string of the molecule is Cc1cccc(NC(=O)Nc2cccc(OS(=O)(=O)c3ccc(-c4ccc(S(=O)(=O)Oc5cccc(NC(=O)Nc6cccc(C)c6)c5)cc4)cc3)c2)c1. The minimum Gasteiger partial charge on any atom is -0.379 e. The molecule has 0 unspecified atom stereocenters. The fourth-order valence-corrected chi connectivity index (χ4v) is 7.11. The van der Waals surface area contributed by atoms with E-state index in [1.54, 1.807) is 60.7 Å². The van der Waals surface area contributed by atoms with Crippen molar-refractivity contribution in [2.45, 2.75) is 23.6 Å². The number of rotatable bonds is 11. The van der Waals surface area contributed by atoms with Crippen molar-refractivity contribution in [1.82, 2.24) is 0 Å². The summed E-state index contributed by atoms with van der Waals surface area (Å²) in [6.07, 6.45) is 0. The molecule has 0 fully saturated rings. The van der Waals surface area contributed by atoms with Gasteiger partial charge < -0.3 is 29.6 Å². The number of carbonyl (C=O) groups excluding carboxylic acids is 2. The summed E-state index contributed by atoms with van der Waals surface area (Å²) in [5.74, 6) is -0.00360. The average Bonchev–Trinajstić information content (AvgIpc) is 3.11. The highest BCUT2D eigenvalue weighted by Gasteiger charge is 2.19. The molecule has 4 amide bonds. The van der Waals surface area contributed by atoms with Crippen molar-refractivity contribution in [1.29, 1.82) is 0 Å². The highest BCUT2D eigenvalue weighted by atomic mass is 32.2. The van der Waals surface area contributed by atoms with E-state index in [4.69, 9.17) is 8.37 Å². The molecule has 4 N–H and O–H groups in total. The number of aryl methyl sites for hydroxylation is 2.